The molecule has 0 amide bonds. The molecule has 21 heavy (non-hydrogen) atoms. The Morgan fingerprint density at radius 2 is 2.05 bits per heavy atom. The number of thiazole rings is 1. The first-order chi connectivity index (χ1) is 9.97. The van der Waals surface area contributed by atoms with Crippen molar-refractivity contribution in [3.05, 3.63) is 50.7 Å². The van der Waals surface area contributed by atoms with E-state index in [1.165, 1.54) is 6.07 Å². The van der Waals surface area contributed by atoms with Crippen LogP contribution in [0, 0.1) is 25.5 Å². The normalized spacial score (nSPS) is 11.3. The molecule has 110 valence electrons. The molecule has 2 aromatic heterocycles. The lowest BCUT2D eigenvalue weighted by molar-refractivity contribution is 0.580. The van der Waals surface area contributed by atoms with Gasteiger partial charge in [-0.1, -0.05) is 0 Å². The quantitative estimate of drug-likeness (QED) is 0.678. The second-order valence-electron chi connectivity index (χ2n) is 4.74. The molecule has 2 heterocycles. The zero-order valence-corrected chi connectivity index (χ0v) is 13.8. The molecular formula is C14H12BrF2N3S. The lowest BCUT2D eigenvalue weighted by Crippen LogP contribution is -2.06. The number of anilines is 1. The Hall–Kier alpha value is -1.47. The molecule has 0 fully saturated rings. The van der Waals surface area contributed by atoms with Crippen LogP contribution in [0.5, 0.6) is 0 Å². The first kappa shape index (κ1) is 14.5. The van der Waals surface area contributed by atoms with Gasteiger partial charge in [0.2, 0.25) is 0 Å². The summed E-state index contributed by atoms with van der Waals surface area (Å²) in [6.45, 7) is 4.34. The van der Waals surface area contributed by atoms with Crippen LogP contribution < -0.4 is 5.32 Å². The molecule has 7 heteroatoms. The third kappa shape index (κ3) is 2.55. The number of nitrogens with one attached hydrogen (secondary N) is 1. The van der Waals surface area contributed by atoms with Gasteiger partial charge in [-0.2, -0.15) is 0 Å². The highest BCUT2D eigenvalue weighted by Crippen LogP contribution is 2.25. The summed E-state index contributed by atoms with van der Waals surface area (Å²) < 4.78 is 29.3. The van der Waals surface area contributed by atoms with E-state index in [4.69, 9.17) is 0 Å². The number of aromatic nitrogens is 2. The van der Waals surface area contributed by atoms with Gasteiger partial charge in [0, 0.05) is 17.1 Å². The largest absolute Gasteiger partial charge is 0.377 e. The number of halogens is 3. The number of aryl methyl sites for hydroxylation is 2. The van der Waals surface area contributed by atoms with Crippen LogP contribution in [0.2, 0.25) is 0 Å². The predicted molar refractivity (Wildman–Crippen MR) is 83.9 cm³/mol. The van der Waals surface area contributed by atoms with Crippen LogP contribution in [-0.4, -0.2) is 9.38 Å². The van der Waals surface area contributed by atoms with E-state index in [0.29, 0.717) is 6.54 Å². The van der Waals surface area contributed by atoms with Crippen molar-refractivity contribution in [1.82, 2.24) is 9.38 Å². The summed E-state index contributed by atoms with van der Waals surface area (Å²) in [6.07, 6.45) is 0. The van der Waals surface area contributed by atoms with Crippen LogP contribution in [0.1, 0.15) is 17.1 Å². The third-order valence-corrected chi connectivity index (χ3v) is 4.84. The van der Waals surface area contributed by atoms with Gasteiger partial charge in [0.1, 0.15) is 11.6 Å². The van der Waals surface area contributed by atoms with Gasteiger partial charge in [-0.05, 0) is 35.8 Å². The number of benzene rings is 1. The monoisotopic (exact) mass is 371 g/mol. The Morgan fingerprint density at radius 1 is 1.29 bits per heavy atom. The second kappa shape index (κ2) is 5.38. The van der Waals surface area contributed by atoms with Crippen molar-refractivity contribution in [2.45, 2.75) is 20.4 Å². The van der Waals surface area contributed by atoms with Crippen LogP contribution >= 0.6 is 27.3 Å². The Bertz CT molecular complexity index is 825. The van der Waals surface area contributed by atoms with Crippen molar-refractivity contribution in [3.8, 4) is 0 Å². The zero-order chi connectivity index (χ0) is 15.1. The van der Waals surface area contributed by atoms with Gasteiger partial charge in [0.25, 0.3) is 0 Å². The van der Waals surface area contributed by atoms with Crippen LogP contribution in [0.25, 0.3) is 4.96 Å². The van der Waals surface area contributed by atoms with Crippen LogP contribution in [0.4, 0.5) is 14.5 Å². The molecule has 3 aromatic rings. The Labute approximate surface area is 132 Å². The molecule has 0 unspecified atom stereocenters. The summed E-state index contributed by atoms with van der Waals surface area (Å²) in [7, 11) is 0. The van der Waals surface area contributed by atoms with Gasteiger partial charge in [0.05, 0.1) is 28.1 Å². The number of hydrogen-bond acceptors (Lipinski definition) is 3. The minimum Gasteiger partial charge on any atom is -0.377 e. The van der Waals surface area contributed by atoms with Gasteiger partial charge in [0.15, 0.2) is 4.96 Å². The molecule has 1 aromatic carbocycles. The first-order valence-corrected chi connectivity index (χ1v) is 7.95. The Kier molecular flexibility index (Phi) is 3.71. The van der Waals surface area contributed by atoms with Gasteiger partial charge < -0.3 is 5.32 Å². The molecule has 1 N–H and O–H groups in total. The van der Waals surface area contributed by atoms with E-state index in [0.717, 1.165) is 28.1 Å². The van der Waals surface area contributed by atoms with Crippen molar-refractivity contribution in [2.75, 3.05) is 5.32 Å². The number of hydrogen-bond donors (Lipinski definition) is 1. The summed E-state index contributed by atoms with van der Waals surface area (Å²) in [5.41, 5.74) is 3.22. The standard InChI is InChI=1S/C14H12BrF2N3S/c1-7-6-21-14-19-8(2)13(20(7)14)5-18-12-3-9(15)10(16)4-11(12)17/h3-4,6,18H,5H2,1-2H3. The summed E-state index contributed by atoms with van der Waals surface area (Å²) in [5, 5.41) is 5.03. The first-order valence-electron chi connectivity index (χ1n) is 6.28. The van der Waals surface area contributed by atoms with E-state index in [9.17, 15) is 8.78 Å². The average molecular weight is 372 g/mol. The molecule has 0 radical (unpaired) electrons. The maximum atomic E-state index is 13.7. The van der Waals surface area contributed by atoms with Gasteiger partial charge >= 0.3 is 0 Å². The number of rotatable bonds is 3. The second-order valence-corrected chi connectivity index (χ2v) is 6.43. The molecule has 0 saturated heterocycles. The lowest BCUT2D eigenvalue weighted by Gasteiger charge is -2.09. The van der Waals surface area contributed by atoms with Crippen LogP contribution in [0.3, 0.4) is 0 Å². The van der Waals surface area contributed by atoms with Crippen molar-refractivity contribution in [2.24, 2.45) is 0 Å². The minimum atomic E-state index is -0.616. The maximum absolute atomic E-state index is 13.7. The number of imidazole rings is 1. The van der Waals surface area contributed by atoms with E-state index < -0.39 is 11.6 Å². The Balaban J connectivity index is 1.92. The molecule has 0 saturated carbocycles. The SMILES string of the molecule is Cc1nc2scc(C)n2c1CNc1cc(Br)c(F)cc1F. The smallest absolute Gasteiger partial charge is 0.194 e. The van der Waals surface area contributed by atoms with E-state index >= 15 is 0 Å². The third-order valence-electron chi connectivity index (χ3n) is 3.29. The molecule has 0 spiro atoms. The predicted octanol–water partition coefficient (Wildman–Crippen LogP) is 4.67. The average Bonchev–Trinajstić information content (AvgIpc) is 2.92. The fourth-order valence-electron chi connectivity index (χ4n) is 2.21. The molecule has 0 atom stereocenters. The highest BCUT2D eigenvalue weighted by molar-refractivity contribution is 9.10. The Morgan fingerprint density at radius 3 is 2.81 bits per heavy atom. The number of fused-ring (bicyclic) bond motifs is 1. The van der Waals surface area contributed by atoms with Gasteiger partial charge in [-0.15, -0.1) is 11.3 Å². The highest BCUT2D eigenvalue weighted by Gasteiger charge is 2.13. The molecule has 3 nitrogen and oxygen atoms in total. The molecule has 0 aliphatic carbocycles. The molecular weight excluding hydrogens is 360 g/mol. The zero-order valence-electron chi connectivity index (χ0n) is 11.4. The van der Waals surface area contributed by atoms with Crippen molar-refractivity contribution in [3.63, 3.8) is 0 Å². The molecule has 0 aliphatic heterocycles. The molecule has 3 rings (SSSR count). The summed E-state index contributed by atoms with van der Waals surface area (Å²) >= 11 is 4.63. The maximum Gasteiger partial charge on any atom is 0.194 e. The van der Waals surface area contributed by atoms with E-state index in [-0.39, 0.29) is 10.2 Å². The highest BCUT2D eigenvalue weighted by atomic mass is 79.9. The van der Waals surface area contributed by atoms with E-state index in [1.54, 1.807) is 11.3 Å². The van der Waals surface area contributed by atoms with E-state index in [1.807, 2.05) is 23.6 Å². The van der Waals surface area contributed by atoms with Gasteiger partial charge in [-0.3, -0.25) is 4.40 Å². The van der Waals surface area contributed by atoms with Gasteiger partial charge in [-0.25, -0.2) is 13.8 Å². The summed E-state index contributed by atoms with van der Waals surface area (Å²) in [4.78, 5) is 5.40. The fraction of sp³-hybridized carbons (Fsp3) is 0.214. The van der Waals surface area contributed by atoms with Crippen LogP contribution in [0.15, 0.2) is 22.0 Å². The summed E-state index contributed by atoms with van der Waals surface area (Å²) in [6, 6.07) is 2.26. The molecule has 0 aliphatic rings. The van der Waals surface area contributed by atoms with E-state index in [2.05, 4.69) is 26.2 Å². The lowest BCUT2D eigenvalue weighted by atomic mass is 10.2. The molecule has 0 bridgehead atoms. The van der Waals surface area contributed by atoms with Crippen molar-refractivity contribution < 1.29 is 8.78 Å². The minimum absolute atomic E-state index is 0.230. The van der Waals surface area contributed by atoms with Crippen molar-refractivity contribution in [1.29, 1.82) is 0 Å². The topological polar surface area (TPSA) is 29.3 Å². The fourth-order valence-corrected chi connectivity index (χ4v) is 3.49. The van der Waals surface area contributed by atoms with Crippen LogP contribution in [-0.2, 0) is 6.54 Å². The summed E-state index contributed by atoms with van der Waals surface area (Å²) in [5.74, 6) is -1.23. The van der Waals surface area contributed by atoms with Crippen molar-refractivity contribution >= 4 is 37.9 Å². The number of nitrogens with zero attached hydrogens (tertiary/aromatic N) is 2.